The zero-order chi connectivity index (χ0) is 17.5. The fraction of sp³-hybridized carbons (Fsp3) is 0.545. The van der Waals surface area contributed by atoms with Crippen molar-refractivity contribution in [2.24, 2.45) is 0 Å². The van der Waals surface area contributed by atoms with Gasteiger partial charge in [0.05, 0.1) is 0 Å². The summed E-state index contributed by atoms with van der Waals surface area (Å²) >= 11 is 0. The smallest absolute Gasteiger partial charge is 0.0463 e. The summed E-state index contributed by atoms with van der Waals surface area (Å²) in [6.07, 6.45) is 5.99. The molecule has 24 heavy (non-hydrogen) atoms. The predicted molar refractivity (Wildman–Crippen MR) is 107 cm³/mol. The van der Waals surface area contributed by atoms with Gasteiger partial charge < -0.3 is 5.32 Å². The molecule has 0 amide bonds. The molecule has 0 saturated heterocycles. The molecular weight excluding hydrogens is 292 g/mol. The lowest BCUT2D eigenvalue weighted by Gasteiger charge is -2.27. The Hall–Kier alpha value is -1.54. The summed E-state index contributed by atoms with van der Waals surface area (Å²) in [5.41, 5.74) is 7.84. The molecule has 0 aromatic heterocycles. The van der Waals surface area contributed by atoms with Crippen LogP contribution < -0.4 is 5.32 Å². The van der Waals surface area contributed by atoms with Gasteiger partial charge in [-0.2, -0.15) is 0 Å². The largest absolute Gasteiger partial charge is 0.355 e. The average Bonchev–Trinajstić information content (AvgIpc) is 2.55. The summed E-state index contributed by atoms with van der Waals surface area (Å²) in [7, 11) is 0. The Morgan fingerprint density at radius 3 is 2.38 bits per heavy atom. The van der Waals surface area contributed by atoms with E-state index in [0.717, 1.165) is 18.7 Å². The summed E-state index contributed by atoms with van der Waals surface area (Å²) in [5.74, 6) is 0. The summed E-state index contributed by atoms with van der Waals surface area (Å²) < 4.78 is 0. The number of fused-ring (bicyclic) bond motifs is 1. The Kier molecular flexibility index (Phi) is 7.11. The zero-order valence-electron chi connectivity index (χ0n) is 16.0. The van der Waals surface area contributed by atoms with Crippen LogP contribution in [0.3, 0.4) is 0 Å². The first-order chi connectivity index (χ1) is 11.6. The van der Waals surface area contributed by atoms with Crippen LogP contribution in [0.1, 0.15) is 70.9 Å². The number of nitrogens with one attached hydrogen (secondary N) is 1. The van der Waals surface area contributed by atoms with E-state index in [9.17, 15) is 0 Å². The van der Waals surface area contributed by atoms with E-state index in [1.54, 1.807) is 0 Å². The number of hydrogen-bond acceptors (Lipinski definition) is 2. The highest BCUT2D eigenvalue weighted by molar-refractivity contribution is 5.85. The second-order valence-electron chi connectivity index (χ2n) is 6.97. The first-order valence-corrected chi connectivity index (χ1v) is 9.62. The number of rotatable bonds is 9. The summed E-state index contributed by atoms with van der Waals surface area (Å²) in [6, 6.07) is 6.91. The van der Waals surface area contributed by atoms with Crippen LogP contribution in [0.15, 0.2) is 36.0 Å². The Balaban J connectivity index is 2.21. The van der Waals surface area contributed by atoms with E-state index in [4.69, 9.17) is 0 Å². The lowest BCUT2D eigenvalue weighted by atomic mass is 9.90. The number of nitrogens with zero attached hydrogens (tertiary/aromatic N) is 1. The third-order valence-electron chi connectivity index (χ3n) is 4.86. The maximum absolute atomic E-state index is 4.27. The second-order valence-corrected chi connectivity index (χ2v) is 6.97. The van der Waals surface area contributed by atoms with Gasteiger partial charge in [-0.15, -0.1) is 0 Å². The quantitative estimate of drug-likeness (QED) is 0.580. The molecule has 0 aliphatic carbocycles. The minimum absolute atomic E-state index is 1.04. The van der Waals surface area contributed by atoms with Crippen LogP contribution >= 0.6 is 0 Å². The first-order valence-electron chi connectivity index (χ1n) is 9.62. The van der Waals surface area contributed by atoms with Crippen LogP contribution in [0.5, 0.6) is 0 Å². The predicted octanol–water partition coefficient (Wildman–Crippen LogP) is 6.21. The molecule has 132 valence electrons. The van der Waals surface area contributed by atoms with Crippen molar-refractivity contribution in [3.63, 3.8) is 0 Å². The van der Waals surface area contributed by atoms with Crippen LogP contribution in [0.2, 0.25) is 0 Å². The van der Waals surface area contributed by atoms with Crippen LogP contribution in [0.4, 0.5) is 5.69 Å². The van der Waals surface area contributed by atoms with Gasteiger partial charge in [-0.25, -0.2) is 0 Å². The molecule has 0 spiro atoms. The molecule has 2 rings (SSSR count). The maximum atomic E-state index is 4.27. The first kappa shape index (κ1) is 18.8. The average molecular weight is 327 g/mol. The maximum Gasteiger partial charge on any atom is 0.0463 e. The van der Waals surface area contributed by atoms with Gasteiger partial charge in [0.2, 0.25) is 0 Å². The number of anilines is 1. The normalized spacial score (nSPS) is 14.1. The zero-order valence-corrected chi connectivity index (χ0v) is 16.0. The number of benzene rings is 1. The van der Waals surface area contributed by atoms with Crippen molar-refractivity contribution in [1.29, 1.82) is 0 Å². The molecule has 0 saturated carbocycles. The fourth-order valence-electron chi connectivity index (χ4n) is 3.60. The summed E-state index contributed by atoms with van der Waals surface area (Å²) in [6.45, 7) is 16.7. The van der Waals surface area contributed by atoms with Crippen LogP contribution in [-0.2, 0) is 6.54 Å². The number of allylic oxidation sites excluding steroid dienone is 2. The monoisotopic (exact) mass is 326 g/mol. The van der Waals surface area contributed by atoms with Gasteiger partial charge >= 0.3 is 0 Å². The highest BCUT2D eigenvalue weighted by Crippen LogP contribution is 2.37. The molecule has 1 aromatic rings. The third-order valence-corrected chi connectivity index (χ3v) is 4.86. The molecule has 2 heteroatoms. The lowest BCUT2D eigenvalue weighted by molar-refractivity contribution is 0.266. The van der Waals surface area contributed by atoms with Crippen molar-refractivity contribution in [2.75, 3.05) is 18.4 Å². The van der Waals surface area contributed by atoms with Crippen molar-refractivity contribution in [1.82, 2.24) is 4.90 Å². The van der Waals surface area contributed by atoms with Gasteiger partial charge in [-0.05, 0) is 68.5 Å². The van der Waals surface area contributed by atoms with Gasteiger partial charge in [0, 0.05) is 23.5 Å². The van der Waals surface area contributed by atoms with Crippen molar-refractivity contribution in [3.8, 4) is 0 Å². The molecule has 2 nitrogen and oxygen atoms in total. The Labute approximate surface area is 148 Å². The summed E-state index contributed by atoms with van der Waals surface area (Å²) in [4.78, 5) is 2.55. The topological polar surface area (TPSA) is 15.3 Å². The molecule has 1 N–H and O–H groups in total. The highest BCUT2D eigenvalue weighted by Gasteiger charge is 2.18. The third kappa shape index (κ3) is 4.51. The van der Waals surface area contributed by atoms with Crippen molar-refractivity contribution < 1.29 is 0 Å². The molecule has 0 radical (unpaired) electrons. The summed E-state index contributed by atoms with van der Waals surface area (Å²) in [5, 5.41) is 3.56. The second kappa shape index (κ2) is 9.08. The van der Waals surface area contributed by atoms with E-state index in [-0.39, 0.29) is 0 Å². The molecule has 0 bridgehead atoms. The van der Waals surface area contributed by atoms with Crippen molar-refractivity contribution >= 4 is 11.3 Å². The van der Waals surface area contributed by atoms with Gasteiger partial charge in [0.15, 0.2) is 0 Å². The van der Waals surface area contributed by atoms with E-state index in [1.165, 1.54) is 66.7 Å². The van der Waals surface area contributed by atoms with E-state index in [2.05, 4.69) is 62.7 Å². The molecule has 0 unspecified atom stereocenters. The van der Waals surface area contributed by atoms with E-state index in [0.29, 0.717) is 0 Å². The Morgan fingerprint density at radius 2 is 1.75 bits per heavy atom. The van der Waals surface area contributed by atoms with Gasteiger partial charge in [-0.1, -0.05) is 45.9 Å². The Morgan fingerprint density at radius 1 is 1.04 bits per heavy atom. The van der Waals surface area contributed by atoms with Gasteiger partial charge in [-0.3, -0.25) is 4.90 Å². The van der Waals surface area contributed by atoms with E-state index in [1.807, 2.05) is 0 Å². The fourth-order valence-corrected chi connectivity index (χ4v) is 3.60. The Bertz CT molecular complexity index is 592. The van der Waals surface area contributed by atoms with Crippen LogP contribution in [0.25, 0.3) is 5.57 Å². The number of unbranched alkanes of at least 4 members (excludes halogenated alkanes) is 1. The minimum atomic E-state index is 1.04. The molecule has 1 aromatic carbocycles. The van der Waals surface area contributed by atoms with E-state index < -0.39 is 0 Å². The van der Waals surface area contributed by atoms with Crippen LogP contribution in [0, 0.1) is 0 Å². The molecule has 1 heterocycles. The molecule has 1 aliphatic heterocycles. The van der Waals surface area contributed by atoms with Gasteiger partial charge in [0.25, 0.3) is 0 Å². The molecular formula is C22H34N2. The lowest BCUT2D eigenvalue weighted by Crippen LogP contribution is -2.25. The van der Waals surface area contributed by atoms with Gasteiger partial charge in [0.1, 0.15) is 0 Å². The minimum Gasteiger partial charge on any atom is -0.355 e. The number of hydrogen-bond donors (Lipinski definition) is 1. The van der Waals surface area contributed by atoms with Crippen LogP contribution in [-0.4, -0.2) is 18.0 Å². The molecule has 0 atom stereocenters. The molecule has 1 aliphatic rings. The highest BCUT2D eigenvalue weighted by atomic mass is 15.1. The van der Waals surface area contributed by atoms with Crippen molar-refractivity contribution in [2.45, 2.75) is 66.3 Å². The van der Waals surface area contributed by atoms with Crippen molar-refractivity contribution in [3.05, 3.63) is 47.2 Å². The van der Waals surface area contributed by atoms with E-state index >= 15 is 0 Å². The molecule has 0 fully saturated rings. The standard InChI is InChI=1S/C22H34N2/c1-6-9-10-20-17(4)21-12-11-19(15-22(21)23-18(20)5)16-24(13-7-2)14-8-3/h11-12,15,23H,5-10,13-14,16H2,1-4H3. The SMILES string of the molecule is C=C1Nc2cc(CN(CCC)CCC)ccc2C(C)=C1CCCC.